The van der Waals surface area contributed by atoms with Crippen molar-refractivity contribution in [1.29, 1.82) is 0 Å². The zero-order valence-electron chi connectivity index (χ0n) is 12.2. The van der Waals surface area contributed by atoms with Gasteiger partial charge >= 0.3 is 0 Å². The Labute approximate surface area is 125 Å². The fourth-order valence-corrected chi connectivity index (χ4v) is 3.93. The molecule has 2 nitrogen and oxygen atoms in total. The molecule has 0 amide bonds. The fraction of sp³-hybridized carbons (Fsp3) is 0.471. The molecule has 1 N–H and O–H groups in total. The van der Waals surface area contributed by atoms with Crippen molar-refractivity contribution in [2.45, 2.75) is 45.1 Å². The molecule has 3 heteroatoms. The van der Waals surface area contributed by atoms with E-state index in [0.29, 0.717) is 12.0 Å². The maximum Gasteiger partial charge on any atom is 0.0965 e. The van der Waals surface area contributed by atoms with Crippen LogP contribution in [0.4, 0.5) is 0 Å². The Balaban J connectivity index is 1.69. The molecular weight excluding hydrogens is 264 g/mol. The van der Waals surface area contributed by atoms with Gasteiger partial charge in [-0.05, 0) is 43.9 Å². The van der Waals surface area contributed by atoms with Gasteiger partial charge in [-0.15, -0.1) is 11.3 Å². The molecule has 1 heterocycles. The molecule has 1 aliphatic carbocycles. The molecule has 20 heavy (non-hydrogen) atoms. The van der Waals surface area contributed by atoms with Crippen LogP contribution in [0.3, 0.4) is 0 Å². The van der Waals surface area contributed by atoms with E-state index >= 15 is 0 Å². The predicted molar refractivity (Wildman–Crippen MR) is 85.4 cm³/mol. The van der Waals surface area contributed by atoms with Crippen molar-refractivity contribution >= 4 is 11.3 Å². The third kappa shape index (κ3) is 2.79. The molecule has 1 atom stereocenters. The largest absolute Gasteiger partial charge is 0.309 e. The average Bonchev–Trinajstić information content (AvgIpc) is 3.10. The normalized spacial score (nSPS) is 16.3. The minimum absolute atomic E-state index is 0.421. The van der Waals surface area contributed by atoms with Gasteiger partial charge in [0.05, 0.1) is 5.01 Å². The van der Waals surface area contributed by atoms with E-state index in [1.165, 1.54) is 27.4 Å². The van der Waals surface area contributed by atoms with Crippen LogP contribution in [-0.2, 0) is 12.8 Å². The molecular formula is C17H22N2S. The predicted octanol–water partition coefficient (Wildman–Crippen LogP) is 4.09. The molecule has 3 rings (SSSR count). The summed E-state index contributed by atoms with van der Waals surface area (Å²) in [6.07, 6.45) is 5.55. The Kier molecular flexibility index (Phi) is 4.18. The number of rotatable bonds is 5. The lowest BCUT2D eigenvalue weighted by molar-refractivity contribution is 0.577. The number of thiazole rings is 1. The highest BCUT2D eigenvalue weighted by Crippen LogP contribution is 2.36. The van der Waals surface area contributed by atoms with Crippen molar-refractivity contribution in [3.8, 4) is 0 Å². The van der Waals surface area contributed by atoms with Gasteiger partial charge < -0.3 is 5.32 Å². The van der Waals surface area contributed by atoms with Gasteiger partial charge in [0.25, 0.3) is 0 Å². The quantitative estimate of drug-likeness (QED) is 0.895. The summed E-state index contributed by atoms with van der Waals surface area (Å²) < 4.78 is 0. The van der Waals surface area contributed by atoms with E-state index in [2.05, 4.69) is 54.6 Å². The van der Waals surface area contributed by atoms with Crippen LogP contribution in [0.25, 0.3) is 0 Å². The number of hydrogen-bond donors (Lipinski definition) is 1. The number of nitrogens with one attached hydrogen (secondary N) is 1. The third-order valence-corrected chi connectivity index (χ3v) is 5.41. The summed E-state index contributed by atoms with van der Waals surface area (Å²) >= 11 is 1.89. The first-order valence-corrected chi connectivity index (χ1v) is 8.35. The van der Waals surface area contributed by atoms with Gasteiger partial charge in [-0.25, -0.2) is 4.98 Å². The summed E-state index contributed by atoms with van der Waals surface area (Å²) in [5.41, 5.74) is 3.01. The minimum Gasteiger partial charge on any atom is -0.309 e. The van der Waals surface area contributed by atoms with Gasteiger partial charge in [-0.2, -0.15) is 0 Å². The van der Waals surface area contributed by atoms with Crippen LogP contribution in [-0.4, -0.2) is 11.5 Å². The molecule has 1 aromatic heterocycles. The minimum atomic E-state index is 0.421. The van der Waals surface area contributed by atoms with Crippen LogP contribution in [0.1, 0.15) is 53.2 Å². The maximum absolute atomic E-state index is 4.69. The zero-order valence-corrected chi connectivity index (χ0v) is 13.0. The Morgan fingerprint density at radius 3 is 2.65 bits per heavy atom. The van der Waals surface area contributed by atoms with E-state index in [-0.39, 0.29) is 0 Å². The van der Waals surface area contributed by atoms with Crippen molar-refractivity contribution < 1.29 is 0 Å². The van der Waals surface area contributed by atoms with Gasteiger partial charge in [0, 0.05) is 23.0 Å². The third-order valence-electron chi connectivity index (χ3n) is 4.07. The van der Waals surface area contributed by atoms with Gasteiger partial charge in [0.15, 0.2) is 0 Å². The fourth-order valence-electron chi connectivity index (χ4n) is 2.88. The first-order valence-electron chi connectivity index (χ1n) is 7.53. The van der Waals surface area contributed by atoms with Crippen molar-refractivity contribution in [2.24, 2.45) is 0 Å². The Morgan fingerprint density at radius 2 is 2.00 bits per heavy atom. The first-order chi connectivity index (χ1) is 9.78. The summed E-state index contributed by atoms with van der Waals surface area (Å²) in [4.78, 5) is 6.05. The van der Waals surface area contributed by atoms with Gasteiger partial charge in [0.1, 0.15) is 0 Å². The lowest BCUT2D eigenvalue weighted by Gasteiger charge is -2.10. The number of hydrogen-bond acceptors (Lipinski definition) is 3. The molecule has 0 radical (unpaired) electrons. The highest BCUT2D eigenvalue weighted by atomic mass is 32.1. The molecule has 1 aliphatic rings. The molecule has 106 valence electrons. The monoisotopic (exact) mass is 286 g/mol. The second kappa shape index (κ2) is 6.06. The highest BCUT2D eigenvalue weighted by Gasteiger charge is 2.25. The van der Waals surface area contributed by atoms with Crippen LogP contribution in [0.5, 0.6) is 0 Å². The van der Waals surface area contributed by atoms with Crippen molar-refractivity contribution in [1.82, 2.24) is 10.3 Å². The van der Waals surface area contributed by atoms with E-state index in [0.717, 1.165) is 19.4 Å². The SMILES string of the molecule is CCCNC(C)c1cnc(C2Cc3ccccc3C2)s1. The summed E-state index contributed by atoms with van der Waals surface area (Å²) in [7, 11) is 0. The number of nitrogens with zero attached hydrogens (tertiary/aromatic N) is 1. The molecule has 0 fully saturated rings. The summed E-state index contributed by atoms with van der Waals surface area (Å²) in [6.45, 7) is 5.51. The van der Waals surface area contributed by atoms with Crippen LogP contribution in [0.15, 0.2) is 30.5 Å². The molecule has 0 spiro atoms. The number of fused-ring (bicyclic) bond motifs is 1. The standard InChI is InChI=1S/C17H22N2S/c1-3-8-18-12(2)16-11-19-17(20-16)15-9-13-6-4-5-7-14(13)10-15/h4-7,11-12,15,18H,3,8-10H2,1-2H3. The molecule has 2 aromatic rings. The smallest absolute Gasteiger partial charge is 0.0965 e. The second-order valence-corrected chi connectivity index (χ2v) is 6.74. The lowest BCUT2D eigenvalue weighted by atomic mass is 10.1. The van der Waals surface area contributed by atoms with Crippen LogP contribution in [0.2, 0.25) is 0 Å². The van der Waals surface area contributed by atoms with Gasteiger partial charge in [-0.1, -0.05) is 31.2 Å². The molecule has 0 bridgehead atoms. The highest BCUT2D eigenvalue weighted by molar-refractivity contribution is 7.11. The molecule has 1 unspecified atom stereocenters. The van der Waals surface area contributed by atoms with E-state index in [1.807, 2.05) is 11.3 Å². The van der Waals surface area contributed by atoms with Gasteiger partial charge in [-0.3, -0.25) is 0 Å². The van der Waals surface area contributed by atoms with Crippen LogP contribution < -0.4 is 5.32 Å². The topological polar surface area (TPSA) is 24.9 Å². The summed E-state index contributed by atoms with van der Waals surface area (Å²) in [5.74, 6) is 0.588. The van der Waals surface area contributed by atoms with Crippen LogP contribution in [0, 0.1) is 0 Å². The maximum atomic E-state index is 4.69. The van der Waals surface area contributed by atoms with Crippen molar-refractivity contribution in [2.75, 3.05) is 6.54 Å². The van der Waals surface area contributed by atoms with Crippen LogP contribution >= 0.6 is 11.3 Å². The van der Waals surface area contributed by atoms with Crippen molar-refractivity contribution in [3.63, 3.8) is 0 Å². The molecule has 0 saturated carbocycles. The number of aromatic nitrogens is 1. The van der Waals surface area contributed by atoms with E-state index < -0.39 is 0 Å². The molecule has 0 aliphatic heterocycles. The van der Waals surface area contributed by atoms with Crippen molar-refractivity contribution in [3.05, 3.63) is 51.5 Å². The Morgan fingerprint density at radius 1 is 1.30 bits per heavy atom. The van der Waals surface area contributed by atoms with E-state index in [1.54, 1.807) is 0 Å². The second-order valence-electron chi connectivity index (χ2n) is 5.65. The van der Waals surface area contributed by atoms with E-state index in [9.17, 15) is 0 Å². The zero-order chi connectivity index (χ0) is 13.9. The lowest BCUT2D eigenvalue weighted by Crippen LogP contribution is -2.18. The van der Waals surface area contributed by atoms with E-state index in [4.69, 9.17) is 0 Å². The summed E-state index contributed by atoms with van der Waals surface area (Å²) in [6, 6.07) is 9.23. The molecule has 0 saturated heterocycles. The Hall–Kier alpha value is -1.19. The Bertz CT molecular complexity index is 551. The average molecular weight is 286 g/mol. The first kappa shape index (κ1) is 13.8. The van der Waals surface area contributed by atoms with Gasteiger partial charge in [0.2, 0.25) is 0 Å². The summed E-state index contributed by atoms with van der Waals surface area (Å²) in [5, 5.41) is 4.85. The number of benzene rings is 1. The molecule has 1 aromatic carbocycles.